The number of rotatable bonds is 11. The zero-order valence-electron chi connectivity index (χ0n) is 13.3. The topological polar surface area (TPSA) is 35.2 Å². The zero-order valence-corrected chi connectivity index (χ0v) is 13.3. The molecule has 114 valence electrons. The Morgan fingerprint density at radius 3 is 2.20 bits per heavy atom. The summed E-state index contributed by atoms with van der Waals surface area (Å²) in [4.78, 5) is 0. The van der Waals surface area contributed by atoms with Crippen molar-refractivity contribution in [3.8, 4) is 5.75 Å². The largest absolute Gasteiger partial charge is 0.494 e. The van der Waals surface area contributed by atoms with Crippen molar-refractivity contribution in [1.82, 2.24) is 0 Å². The summed E-state index contributed by atoms with van der Waals surface area (Å²) in [6, 6.07) is 6.02. The molecular formula is C18H31NO. The van der Waals surface area contributed by atoms with Crippen molar-refractivity contribution in [3.63, 3.8) is 0 Å². The molecule has 0 heterocycles. The summed E-state index contributed by atoms with van der Waals surface area (Å²) < 4.78 is 5.53. The van der Waals surface area contributed by atoms with Gasteiger partial charge in [0, 0.05) is 5.69 Å². The molecule has 1 aromatic rings. The van der Waals surface area contributed by atoms with Gasteiger partial charge in [-0.3, -0.25) is 0 Å². The minimum Gasteiger partial charge on any atom is -0.494 e. The average Bonchev–Trinajstić information content (AvgIpc) is 2.45. The zero-order chi connectivity index (χ0) is 14.6. The van der Waals surface area contributed by atoms with E-state index in [2.05, 4.69) is 13.0 Å². The van der Waals surface area contributed by atoms with Crippen LogP contribution in [0, 0.1) is 0 Å². The Bertz CT molecular complexity index is 362. The van der Waals surface area contributed by atoms with E-state index in [0.717, 1.165) is 17.9 Å². The molecule has 0 atom stereocenters. The lowest BCUT2D eigenvalue weighted by Gasteiger charge is -2.09. The van der Waals surface area contributed by atoms with E-state index in [9.17, 15) is 0 Å². The standard InChI is InChI=1S/C18H31NO/c1-3-5-6-7-8-9-10-11-12-16-15-17(20-4-2)13-14-18(16)19/h13-15H,3-12,19H2,1-2H3. The van der Waals surface area contributed by atoms with Gasteiger partial charge in [-0.15, -0.1) is 0 Å². The van der Waals surface area contributed by atoms with Gasteiger partial charge >= 0.3 is 0 Å². The second-order valence-corrected chi connectivity index (χ2v) is 5.52. The normalized spacial score (nSPS) is 10.7. The van der Waals surface area contributed by atoms with Crippen molar-refractivity contribution in [2.24, 2.45) is 0 Å². The first kappa shape index (κ1) is 16.9. The number of unbranched alkanes of at least 4 members (excludes halogenated alkanes) is 7. The highest BCUT2D eigenvalue weighted by Crippen LogP contribution is 2.22. The number of nitrogen functional groups attached to an aromatic ring is 1. The molecule has 20 heavy (non-hydrogen) atoms. The summed E-state index contributed by atoms with van der Waals surface area (Å²) in [5.74, 6) is 0.941. The van der Waals surface area contributed by atoms with Crippen molar-refractivity contribution in [2.75, 3.05) is 12.3 Å². The van der Waals surface area contributed by atoms with E-state index in [1.807, 2.05) is 19.1 Å². The van der Waals surface area contributed by atoms with E-state index >= 15 is 0 Å². The van der Waals surface area contributed by atoms with Crippen LogP contribution in [0.2, 0.25) is 0 Å². The van der Waals surface area contributed by atoms with Crippen LogP contribution < -0.4 is 10.5 Å². The minimum atomic E-state index is 0.709. The van der Waals surface area contributed by atoms with Crippen molar-refractivity contribution in [1.29, 1.82) is 0 Å². The molecule has 0 amide bonds. The fourth-order valence-electron chi connectivity index (χ4n) is 2.50. The van der Waals surface area contributed by atoms with Crippen LogP contribution >= 0.6 is 0 Å². The number of anilines is 1. The fourth-order valence-corrected chi connectivity index (χ4v) is 2.50. The van der Waals surface area contributed by atoms with Crippen LogP contribution in [0.25, 0.3) is 0 Å². The minimum absolute atomic E-state index is 0.709. The van der Waals surface area contributed by atoms with E-state index in [0.29, 0.717) is 6.61 Å². The molecule has 1 rings (SSSR count). The lowest BCUT2D eigenvalue weighted by molar-refractivity contribution is 0.340. The summed E-state index contributed by atoms with van der Waals surface area (Å²) in [5.41, 5.74) is 8.16. The van der Waals surface area contributed by atoms with E-state index < -0.39 is 0 Å². The summed E-state index contributed by atoms with van der Waals surface area (Å²) in [6.45, 7) is 4.98. The second kappa shape index (κ2) is 10.6. The lowest BCUT2D eigenvalue weighted by atomic mass is 10.0. The highest BCUT2D eigenvalue weighted by atomic mass is 16.5. The van der Waals surface area contributed by atoms with Gasteiger partial charge in [-0.2, -0.15) is 0 Å². The molecule has 0 radical (unpaired) electrons. The summed E-state index contributed by atoms with van der Waals surface area (Å²) in [5, 5.41) is 0. The molecule has 0 aliphatic heterocycles. The molecule has 2 heteroatoms. The molecule has 0 saturated carbocycles. The van der Waals surface area contributed by atoms with Crippen LogP contribution in [0.1, 0.15) is 70.8 Å². The van der Waals surface area contributed by atoms with Crippen molar-refractivity contribution in [3.05, 3.63) is 23.8 Å². The number of hydrogen-bond donors (Lipinski definition) is 1. The molecule has 0 unspecified atom stereocenters. The van der Waals surface area contributed by atoms with Crippen LogP contribution in [-0.4, -0.2) is 6.61 Å². The first-order chi connectivity index (χ1) is 9.77. The van der Waals surface area contributed by atoms with Gasteiger partial charge in [0.05, 0.1) is 6.61 Å². The Hall–Kier alpha value is -1.18. The van der Waals surface area contributed by atoms with Crippen molar-refractivity contribution >= 4 is 5.69 Å². The monoisotopic (exact) mass is 277 g/mol. The third-order valence-electron chi connectivity index (χ3n) is 3.73. The van der Waals surface area contributed by atoms with E-state index in [4.69, 9.17) is 10.5 Å². The number of hydrogen-bond acceptors (Lipinski definition) is 2. The summed E-state index contributed by atoms with van der Waals surface area (Å²) in [7, 11) is 0. The molecule has 2 N–H and O–H groups in total. The Kier molecular flexibility index (Phi) is 8.93. The molecule has 2 nitrogen and oxygen atoms in total. The van der Waals surface area contributed by atoms with E-state index in [1.54, 1.807) is 0 Å². The average molecular weight is 277 g/mol. The van der Waals surface area contributed by atoms with Crippen LogP contribution in [-0.2, 0) is 6.42 Å². The van der Waals surface area contributed by atoms with Gasteiger partial charge in [0.1, 0.15) is 5.75 Å². The van der Waals surface area contributed by atoms with Gasteiger partial charge in [-0.25, -0.2) is 0 Å². The van der Waals surface area contributed by atoms with Crippen LogP contribution in [0.3, 0.4) is 0 Å². The van der Waals surface area contributed by atoms with Gasteiger partial charge in [0.25, 0.3) is 0 Å². The molecule has 0 saturated heterocycles. The van der Waals surface area contributed by atoms with Gasteiger partial charge < -0.3 is 10.5 Å². The van der Waals surface area contributed by atoms with Crippen LogP contribution in [0.5, 0.6) is 5.75 Å². The smallest absolute Gasteiger partial charge is 0.119 e. The number of ether oxygens (including phenoxy) is 1. The molecule has 0 fully saturated rings. The highest BCUT2D eigenvalue weighted by molar-refractivity contribution is 5.50. The quantitative estimate of drug-likeness (QED) is 0.437. The van der Waals surface area contributed by atoms with Gasteiger partial charge in [-0.05, 0) is 43.5 Å². The first-order valence-electron chi connectivity index (χ1n) is 8.29. The Morgan fingerprint density at radius 2 is 1.55 bits per heavy atom. The van der Waals surface area contributed by atoms with E-state index in [1.165, 1.54) is 56.9 Å². The molecule has 0 spiro atoms. The van der Waals surface area contributed by atoms with Gasteiger partial charge in [-0.1, -0.05) is 51.9 Å². The van der Waals surface area contributed by atoms with Gasteiger partial charge in [0.2, 0.25) is 0 Å². The van der Waals surface area contributed by atoms with Crippen LogP contribution in [0.15, 0.2) is 18.2 Å². The van der Waals surface area contributed by atoms with Gasteiger partial charge in [0.15, 0.2) is 0 Å². The third kappa shape index (κ3) is 6.83. The molecule has 0 aliphatic rings. The summed E-state index contributed by atoms with van der Waals surface area (Å²) >= 11 is 0. The van der Waals surface area contributed by atoms with Crippen molar-refractivity contribution < 1.29 is 4.74 Å². The predicted octanol–water partition coefficient (Wildman–Crippen LogP) is 5.35. The number of nitrogens with two attached hydrogens (primary N) is 1. The third-order valence-corrected chi connectivity index (χ3v) is 3.73. The molecular weight excluding hydrogens is 246 g/mol. The second-order valence-electron chi connectivity index (χ2n) is 5.52. The highest BCUT2D eigenvalue weighted by Gasteiger charge is 2.02. The first-order valence-corrected chi connectivity index (χ1v) is 8.29. The molecule has 0 aliphatic carbocycles. The summed E-state index contributed by atoms with van der Waals surface area (Å²) in [6.07, 6.45) is 11.9. The maximum Gasteiger partial charge on any atom is 0.119 e. The van der Waals surface area contributed by atoms with Crippen LogP contribution in [0.4, 0.5) is 5.69 Å². The number of benzene rings is 1. The SMILES string of the molecule is CCCCCCCCCCc1cc(OCC)ccc1N. The Labute approximate surface area is 124 Å². The molecule has 0 bridgehead atoms. The predicted molar refractivity (Wildman–Crippen MR) is 88.3 cm³/mol. The van der Waals surface area contributed by atoms with Crippen molar-refractivity contribution in [2.45, 2.75) is 71.6 Å². The Morgan fingerprint density at radius 1 is 0.900 bits per heavy atom. The van der Waals surface area contributed by atoms with E-state index in [-0.39, 0.29) is 0 Å². The maximum absolute atomic E-state index is 6.03. The number of aryl methyl sites for hydroxylation is 1. The Balaban J connectivity index is 2.19. The molecule has 0 aromatic heterocycles. The maximum atomic E-state index is 6.03. The molecule has 1 aromatic carbocycles. The fraction of sp³-hybridized carbons (Fsp3) is 0.667. The lowest BCUT2D eigenvalue weighted by Crippen LogP contribution is -1.98.